The van der Waals surface area contributed by atoms with E-state index in [1.807, 2.05) is 0 Å². The molecule has 0 aliphatic carbocycles. The van der Waals surface area contributed by atoms with E-state index in [0.29, 0.717) is 0 Å². The summed E-state index contributed by atoms with van der Waals surface area (Å²) in [6.07, 6.45) is 8.69. The zero-order valence-electron chi connectivity index (χ0n) is 6.62. The summed E-state index contributed by atoms with van der Waals surface area (Å²) < 4.78 is 0. The summed E-state index contributed by atoms with van der Waals surface area (Å²) in [5.41, 5.74) is 0. The van der Waals surface area contributed by atoms with Gasteiger partial charge < -0.3 is 0 Å². The van der Waals surface area contributed by atoms with Crippen molar-refractivity contribution >= 4 is 8.07 Å². The summed E-state index contributed by atoms with van der Waals surface area (Å²) in [7, 11) is -0.818. The van der Waals surface area contributed by atoms with E-state index in [0.717, 1.165) is 6.42 Å². The van der Waals surface area contributed by atoms with E-state index < -0.39 is 8.07 Å². The van der Waals surface area contributed by atoms with Crippen molar-refractivity contribution in [2.45, 2.75) is 38.5 Å². The second-order valence-electron chi connectivity index (χ2n) is 3.59. The molecule has 0 aliphatic heterocycles. The average Bonchev–Trinajstić information content (AvgIpc) is 1.63. The standard InChI is InChI=1S/C8H15Si/c1-5-6-7-8-9(2,3)4/h6-8H2,2-4H3/q+1. The SMILES string of the molecule is [C+]#CCCC[Si](C)(C)C. The molecule has 0 atom stereocenters. The fourth-order valence-electron chi connectivity index (χ4n) is 0.707. The second kappa shape index (κ2) is 3.92. The van der Waals surface area contributed by atoms with E-state index in [9.17, 15) is 0 Å². The summed E-state index contributed by atoms with van der Waals surface area (Å²) in [4.78, 5) is 0. The Morgan fingerprint density at radius 3 is 2.22 bits per heavy atom. The third-order valence-electron chi connectivity index (χ3n) is 1.23. The number of hydrogen-bond acceptors (Lipinski definition) is 0. The van der Waals surface area contributed by atoms with Crippen LogP contribution in [0.5, 0.6) is 0 Å². The van der Waals surface area contributed by atoms with Gasteiger partial charge in [0.15, 0.2) is 0 Å². The first-order chi connectivity index (χ1) is 4.06. The van der Waals surface area contributed by atoms with Gasteiger partial charge in [-0.3, -0.25) is 0 Å². The van der Waals surface area contributed by atoms with Crippen LogP contribution in [0.15, 0.2) is 0 Å². The predicted molar refractivity (Wildman–Crippen MR) is 44.5 cm³/mol. The molecule has 0 fully saturated rings. The second-order valence-corrected chi connectivity index (χ2v) is 9.21. The van der Waals surface area contributed by atoms with E-state index >= 15 is 0 Å². The van der Waals surface area contributed by atoms with E-state index in [-0.39, 0.29) is 0 Å². The van der Waals surface area contributed by atoms with Gasteiger partial charge in [0.1, 0.15) is 0 Å². The molecule has 0 aliphatic rings. The minimum atomic E-state index is -0.818. The third-order valence-corrected chi connectivity index (χ3v) is 3.08. The summed E-state index contributed by atoms with van der Waals surface area (Å²) in [5.74, 6) is 2.41. The molecule has 0 nitrogen and oxygen atoms in total. The zero-order valence-corrected chi connectivity index (χ0v) is 7.62. The third kappa shape index (κ3) is 8.00. The van der Waals surface area contributed by atoms with Crippen molar-refractivity contribution in [3.63, 3.8) is 0 Å². The molecule has 0 spiro atoms. The summed E-state index contributed by atoms with van der Waals surface area (Å²) >= 11 is 0. The summed E-state index contributed by atoms with van der Waals surface area (Å²) in [6.45, 7) is 7.07. The summed E-state index contributed by atoms with van der Waals surface area (Å²) in [6, 6.07) is 1.33. The maximum absolute atomic E-state index is 6.68. The van der Waals surface area contributed by atoms with Gasteiger partial charge in [-0.2, -0.15) is 0 Å². The van der Waals surface area contributed by atoms with Gasteiger partial charge in [-0.1, -0.05) is 0 Å². The Bertz CT molecular complexity index is 103. The van der Waals surface area contributed by atoms with Crippen LogP contribution in [0.2, 0.25) is 25.7 Å². The van der Waals surface area contributed by atoms with Crippen molar-refractivity contribution in [1.29, 1.82) is 0 Å². The van der Waals surface area contributed by atoms with Crippen LogP contribution in [-0.4, -0.2) is 8.07 Å². The molecule has 0 saturated heterocycles. The Morgan fingerprint density at radius 1 is 1.33 bits per heavy atom. The molecule has 0 rings (SSSR count). The van der Waals surface area contributed by atoms with Crippen molar-refractivity contribution in [2.75, 3.05) is 0 Å². The Kier molecular flexibility index (Phi) is 3.92. The predicted octanol–water partition coefficient (Wildman–Crippen LogP) is 2.69. The molecule has 1 heteroatoms. The Balaban J connectivity index is 3.20. The van der Waals surface area contributed by atoms with E-state index in [1.165, 1.54) is 12.5 Å². The van der Waals surface area contributed by atoms with Crippen molar-refractivity contribution in [3.05, 3.63) is 6.42 Å². The van der Waals surface area contributed by atoms with Gasteiger partial charge in [0.25, 0.3) is 0 Å². The number of unbranched alkanes of at least 4 members (excludes halogenated alkanes) is 1. The summed E-state index contributed by atoms with van der Waals surface area (Å²) in [5, 5.41) is 0. The average molecular weight is 139 g/mol. The molecule has 50 valence electrons. The van der Waals surface area contributed by atoms with Gasteiger partial charge in [-0.05, 0) is 0 Å². The van der Waals surface area contributed by atoms with Crippen molar-refractivity contribution in [3.8, 4) is 5.92 Å². The van der Waals surface area contributed by atoms with Crippen LogP contribution in [0.1, 0.15) is 12.8 Å². The van der Waals surface area contributed by atoms with Crippen LogP contribution in [0, 0.1) is 12.3 Å². The molecule has 9 heavy (non-hydrogen) atoms. The van der Waals surface area contributed by atoms with E-state index in [1.54, 1.807) is 0 Å². The molecule has 0 aromatic rings. The van der Waals surface area contributed by atoms with Crippen LogP contribution < -0.4 is 0 Å². The first-order valence-electron chi connectivity index (χ1n) is 3.46. The molecule has 0 aromatic heterocycles. The molecule has 0 unspecified atom stereocenters. The molecule has 0 heterocycles. The fourth-order valence-corrected chi connectivity index (χ4v) is 1.94. The van der Waals surface area contributed by atoms with Crippen molar-refractivity contribution in [2.24, 2.45) is 0 Å². The number of rotatable bonds is 3. The van der Waals surface area contributed by atoms with Crippen LogP contribution in [-0.2, 0) is 0 Å². The van der Waals surface area contributed by atoms with Gasteiger partial charge in [-0.25, -0.2) is 0 Å². The van der Waals surface area contributed by atoms with Crippen LogP contribution in [0.4, 0.5) is 0 Å². The molecule has 0 aromatic carbocycles. The van der Waals surface area contributed by atoms with Crippen LogP contribution in [0.25, 0.3) is 0 Å². The van der Waals surface area contributed by atoms with Crippen molar-refractivity contribution in [1.82, 2.24) is 0 Å². The van der Waals surface area contributed by atoms with Gasteiger partial charge in [0, 0.05) is 0 Å². The zero-order chi connectivity index (χ0) is 7.33. The molecule has 0 bridgehead atoms. The Morgan fingerprint density at radius 2 is 1.89 bits per heavy atom. The Labute approximate surface area is 59.7 Å². The topological polar surface area (TPSA) is 0 Å². The van der Waals surface area contributed by atoms with Gasteiger partial charge in [-0.15, -0.1) is 0 Å². The monoisotopic (exact) mass is 139 g/mol. The fraction of sp³-hybridized carbons (Fsp3) is 0.750. The van der Waals surface area contributed by atoms with Gasteiger partial charge >= 0.3 is 58.9 Å². The molecular weight excluding hydrogens is 124 g/mol. The van der Waals surface area contributed by atoms with Gasteiger partial charge in [0.05, 0.1) is 0 Å². The van der Waals surface area contributed by atoms with Crippen molar-refractivity contribution < 1.29 is 0 Å². The molecule has 0 saturated carbocycles. The van der Waals surface area contributed by atoms with Crippen LogP contribution in [0.3, 0.4) is 0 Å². The van der Waals surface area contributed by atoms with E-state index in [4.69, 9.17) is 6.42 Å². The maximum atomic E-state index is 6.68. The van der Waals surface area contributed by atoms with Crippen LogP contribution >= 0.6 is 0 Å². The molecule has 0 amide bonds. The van der Waals surface area contributed by atoms with Gasteiger partial charge in [0.2, 0.25) is 0 Å². The normalized spacial score (nSPS) is 11.2. The quantitative estimate of drug-likeness (QED) is 0.244. The molecular formula is C8H15Si+. The molecule has 0 N–H and O–H groups in total. The van der Waals surface area contributed by atoms with E-state index in [2.05, 4.69) is 25.6 Å². The number of hydrogen-bond donors (Lipinski definition) is 0. The molecule has 0 radical (unpaired) electrons. The first-order valence-corrected chi connectivity index (χ1v) is 7.16. The minimum absolute atomic E-state index is 0.818. The first kappa shape index (κ1) is 9.00. The Hall–Kier alpha value is -0.00312.